The van der Waals surface area contributed by atoms with Gasteiger partial charge in [0.1, 0.15) is 0 Å². The normalized spacial score (nSPS) is 10.0. The van der Waals surface area contributed by atoms with Crippen molar-refractivity contribution in [3.63, 3.8) is 0 Å². The van der Waals surface area contributed by atoms with E-state index in [0.717, 1.165) is 6.42 Å². The third-order valence-corrected chi connectivity index (χ3v) is 2.72. The molecule has 19 heavy (non-hydrogen) atoms. The van der Waals surface area contributed by atoms with Crippen LogP contribution >= 0.6 is 11.6 Å². The first-order chi connectivity index (χ1) is 9.04. The van der Waals surface area contributed by atoms with Crippen LogP contribution in [0.25, 0.3) is 0 Å². The number of carbonyl (C=O) groups excluding carboxylic acids is 1. The van der Waals surface area contributed by atoms with E-state index in [1.54, 1.807) is 0 Å². The molecule has 1 aromatic carbocycles. The number of anilines is 1. The molecular weight excluding hydrogens is 270 g/mol. The molecule has 0 spiro atoms. The summed E-state index contributed by atoms with van der Waals surface area (Å²) in [6.45, 7) is 3.07. The van der Waals surface area contributed by atoms with Crippen molar-refractivity contribution in [2.45, 2.75) is 19.8 Å². The lowest BCUT2D eigenvalue weighted by Gasteiger charge is -2.08. The van der Waals surface area contributed by atoms with Gasteiger partial charge in [0, 0.05) is 31.6 Å². The van der Waals surface area contributed by atoms with Gasteiger partial charge in [-0.3, -0.25) is 14.9 Å². The fourth-order valence-corrected chi connectivity index (χ4v) is 1.67. The number of nitro groups is 1. The molecule has 1 amide bonds. The lowest BCUT2D eigenvalue weighted by molar-refractivity contribution is -0.384. The first kappa shape index (κ1) is 15.2. The van der Waals surface area contributed by atoms with Crippen LogP contribution in [0, 0.1) is 10.1 Å². The highest BCUT2D eigenvalue weighted by atomic mass is 35.5. The average molecular weight is 286 g/mol. The molecule has 0 aliphatic carbocycles. The van der Waals surface area contributed by atoms with Crippen molar-refractivity contribution in [3.05, 3.63) is 33.3 Å². The van der Waals surface area contributed by atoms with Crippen LogP contribution in [0.3, 0.4) is 0 Å². The number of hydrogen-bond acceptors (Lipinski definition) is 4. The highest BCUT2D eigenvalue weighted by Gasteiger charge is 2.09. The third-order valence-electron chi connectivity index (χ3n) is 2.40. The van der Waals surface area contributed by atoms with Crippen molar-refractivity contribution in [2.75, 3.05) is 18.4 Å². The number of amides is 1. The number of carbonyl (C=O) groups is 1. The van der Waals surface area contributed by atoms with Gasteiger partial charge in [-0.1, -0.05) is 18.5 Å². The van der Waals surface area contributed by atoms with Crippen molar-refractivity contribution in [1.29, 1.82) is 0 Å². The largest absolute Gasteiger partial charge is 0.383 e. The maximum atomic E-state index is 11.3. The van der Waals surface area contributed by atoms with Crippen LogP contribution < -0.4 is 10.6 Å². The molecule has 0 fully saturated rings. The summed E-state index contributed by atoms with van der Waals surface area (Å²) in [7, 11) is 0. The van der Waals surface area contributed by atoms with Crippen molar-refractivity contribution < 1.29 is 9.72 Å². The summed E-state index contributed by atoms with van der Waals surface area (Å²) in [5, 5.41) is 16.5. The second-order valence-electron chi connectivity index (χ2n) is 3.95. The second kappa shape index (κ2) is 7.58. The van der Waals surface area contributed by atoms with Gasteiger partial charge in [-0.25, -0.2) is 0 Å². The molecule has 0 bridgehead atoms. The summed E-state index contributed by atoms with van der Waals surface area (Å²) in [6.07, 6.45) is 1.22. The molecule has 0 aliphatic heterocycles. The molecule has 1 rings (SSSR count). The van der Waals surface area contributed by atoms with Crippen molar-refractivity contribution in [1.82, 2.24) is 5.32 Å². The van der Waals surface area contributed by atoms with Gasteiger partial charge in [0.05, 0.1) is 15.6 Å². The summed E-state index contributed by atoms with van der Waals surface area (Å²) in [5.74, 6) is -0.0348. The van der Waals surface area contributed by atoms with Crippen molar-refractivity contribution >= 4 is 28.9 Å². The van der Waals surface area contributed by atoms with Crippen LogP contribution in [0.4, 0.5) is 11.4 Å². The Hall–Kier alpha value is -1.82. The number of non-ortho nitro benzene ring substituents is 1. The first-order valence-corrected chi connectivity index (χ1v) is 6.37. The Morgan fingerprint density at radius 2 is 2.16 bits per heavy atom. The zero-order valence-electron chi connectivity index (χ0n) is 10.6. The van der Waals surface area contributed by atoms with Crippen LogP contribution in [0.2, 0.25) is 5.02 Å². The van der Waals surface area contributed by atoms with Crippen LogP contribution in [0.5, 0.6) is 0 Å². The molecule has 0 aromatic heterocycles. The number of hydrogen-bond donors (Lipinski definition) is 2. The van der Waals surface area contributed by atoms with E-state index in [1.165, 1.54) is 18.2 Å². The van der Waals surface area contributed by atoms with Crippen molar-refractivity contribution in [2.24, 2.45) is 0 Å². The quantitative estimate of drug-likeness (QED) is 0.596. The van der Waals surface area contributed by atoms with E-state index in [1.807, 2.05) is 6.92 Å². The van der Waals surface area contributed by atoms with E-state index in [4.69, 9.17) is 11.6 Å². The molecule has 0 heterocycles. The van der Waals surface area contributed by atoms with Gasteiger partial charge in [-0.2, -0.15) is 0 Å². The lowest BCUT2D eigenvalue weighted by Crippen LogP contribution is -2.25. The van der Waals surface area contributed by atoms with E-state index in [9.17, 15) is 14.9 Å². The minimum atomic E-state index is -0.506. The van der Waals surface area contributed by atoms with Gasteiger partial charge in [-0.05, 0) is 12.5 Å². The Labute approximate surface area is 116 Å². The topological polar surface area (TPSA) is 84.3 Å². The number of nitrogens with zero attached hydrogens (tertiary/aromatic N) is 1. The maximum Gasteiger partial charge on any atom is 0.271 e. The van der Waals surface area contributed by atoms with Crippen LogP contribution in [0.15, 0.2) is 18.2 Å². The van der Waals surface area contributed by atoms with Crippen molar-refractivity contribution in [3.8, 4) is 0 Å². The Morgan fingerprint density at radius 1 is 1.42 bits per heavy atom. The number of nitrogens with one attached hydrogen (secondary N) is 2. The van der Waals surface area contributed by atoms with E-state index >= 15 is 0 Å². The number of halogens is 1. The van der Waals surface area contributed by atoms with Gasteiger partial charge >= 0.3 is 0 Å². The first-order valence-electron chi connectivity index (χ1n) is 5.99. The predicted molar refractivity (Wildman–Crippen MR) is 74.5 cm³/mol. The van der Waals surface area contributed by atoms with Gasteiger partial charge in [0.25, 0.3) is 5.69 Å². The lowest BCUT2D eigenvalue weighted by atomic mass is 10.2. The smallest absolute Gasteiger partial charge is 0.271 e. The average Bonchev–Trinajstić information content (AvgIpc) is 2.38. The molecule has 1 aromatic rings. The van der Waals surface area contributed by atoms with Crippen LogP contribution in [-0.2, 0) is 4.79 Å². The summed E-state index contributed by atoms with van der Waals surface area (Å²) in [6, 6.07) is 4.18. The summed E-state index contributed by atoms with van der Waals surface area (Å²) >= 11 is 5.90. The molecule has 2 N–H and O–H groups in total. The molecule has 0 saturated heterocycles. The standard InChI is InChI=1S/C12H16ClN3O3/c1-2-6-15-12(17)5-7-14-11-4-3-9(16(18)19)8-10(11)13/h3-4,8,14H,2,5-7H2,1H3,(H,15,17). The number of nitro benzene ring substituents is 1. The third kappa shape index (κ3) is 5.13. The molecular formula is C12H16ClN3O3. The van der Waals surface area contributed by atoms with Gasteiger partial charge < -0.3 is 10.6 Å². The molecule has 104 valence electrons. The molecule has 0 saturated carbocycles. The summed E-state index contributed by atoms with van der Waals surface area (Å²) in [4.78, 5) is 21.4. The highest BCUT2D eigenvalue weighted by molar-refractivity contribution is 6.33. The Morgan fingerprint density at radius 3 is 2.74 bits per heavy atom. The Kier molecular flexibility index (Phi) is 6.08. The zero-order valence-corrected chi connectivity index (χ0v) is 11.4. The highest BCUT2D eigenvalue weighted by Crippen LogP contribution is 2.26. The minimum absolute atomic E-state index is 0.0348. The van der Waals surface area contributed by atoms with Gasteiger partial charge in [0.15, 0.2) is 0 Å². The van der Waals surface area contributed by atoms with E-state index < -0.39 is 4.92 Å². The summed E-state index contributed by atoms with van der Waals surface area (Å²) in [5.41, 5.74) is 0.520. The summed E-state index contributed by atoms with van der Waals surface area (Å²) < 4.78 is 0. The Balaban J connectivity index is 2.45. The van der Waals surface area contributed by atoms with Crippen LogP contribution in [-0.4, -0.2) is 23.9 Å². The molecule has 0 atom stereocenters. The van der Waals surface area contributed by atoms with E-state index in [0.29, 0.717) is 25.2 Å². The molecule has 0 radical (unpaired) electrons. The van der Waals surface area contributed by atoms with E-state index in [-0.39, 0.29) is 16.6 Å². The van der Waals surface area contributed by atoms with Gasteiger partial charge in [0.2, 0.25) is 5.91 Å². The second-order valence-corrected chi connectivity index (χ2v) is 4.36. The number of rotatable bonds is 7. The predicted octanol–water partition coefficient (Wildman–Crippen LogP) is 2.58. The molecule has 6 nitrogen and oxygen atoms in total. The number of benzene rings is 1. The monoisotopic (exact) mass is 285 g/mol. The fourth-order valence-electron chi connectivity index (χ4n) is 1.42. The fraction of sp³-hybridized carbons (Fsp3) is 0.417. The van der Waals surface area contributed by atoms with E-state index in [2.05, 4.69) is 10.6 Å². The minimum Gasteiger partial charge on any atom is -0.383 e. The zero-order chi connectivity index (χ0) is 14.3. The molecule has 0 aliphatic rings. The Bertz CT molecular complexity index is 466. The maximum absolute atomic E-state index is 11.3. The molecule has 0 unspecified atom stereocenters. The van der Waals surface area contributed by atoms with Gasteiger partial charge in [-0.15, -0.1) is 0 Å². The molecule has 7 heteroatoms. The SMILES string of the molecule is CCCNC(=O)CCNc1ccc([N+](=O)[O-])cc1Cl. The van der Waals surface area contributed by atoms with Crippen LogP contribution in [0.1, 0.15) is 19.8 Å².